The second-order valence-electron chi connectivity index (χ2n) is 8.77. The maximum absolute atomic E-state index is 13.2. The molecule has 2 aromatic heterocycles. The first kappa shape index (κ1) is 22.7. The highest BCUT2D eigenvalue weighted by Gasteiger charge is 2.49. The van der Waals surface area contributed by atoms with Gasteiger partial charge in [-0.1, -0.05) is 30.3 Å². The molecule has 0 radical (unpaired) electrons. The summed E-state index contributed by atoms with van der Waals surface area (Å²) in [5, 5.41) is 6.89. The van der Waals surface area contributed by atoms with Crippen LogP contribution in [-0.4, -0.2) is 51.9 Å². The molecule has 0 unspecified atom stereocenters. The first-order chi connectivity index (χ1) is 16.0. The van der Waals surface area contributed by atoms with Crippen LogP contribution in [0.3, 0.4) is 0 Å². The van der Waals surface area contributed by atoms with Gasteiger partial charge >= 0.3 is 0 Å². The van der Waals surface area contributed by atoms with Gasteiger partial charge in [-0.2, -0.15) is 0 Å². The van der Waals surface area contributed by atoms with E-state index in [0.717, 1.165) is 31.9 Å². The number of aryl methyl sites for hydroxylation is 2. The van der Waals surface area contributed by atoms with Crippen LogP contribution >= 0.6 is 0 Å². The summed E-state index contributed by atoms with van der Waals surface area (Å²) in [4.78, 5) is 30.6. The predicted octanol–water partition coefficient (Wildman–Crippen LogP) is 3.94. The third-order valence-electron chi connectivity index (χ3n) is 6.62. The maximum atomic E-state index is 13.2. The Morgan fingerprint density at radius 3 is 2.58 bits per heavy atom. The molecule has 0 aliphatic carbocycles. The summed E-state index contributed by atoms with van der Waals surface area (Å²) >= 11 is 0. The molecular formula is C26H29N3O4. The van der Waals surface area contributed by atoms with Crippen LogP contribution in [0.2, 0.25) is 0 Å². The molecule has 0 bridgehead atoms. The fraction of sp³-hybridized carbons (Fsp3) is 0.346. The third kappa shape index (κ3) is 4.83. The van der Waals surface area contributed by atoms with Crippen LogP contribution in [0.1, 0.15) is 39.0 Å². The van der Waals surface area contributed by atoms with Gasteiger partial charge in [-0.25, -0.2) is 0 Å². The van der Waals surface area contributed by atoms with Crippen molar-refractivity contribution in [1.29, 1.82) is 0 Å². The van der Waals surface area contributed by atoms with Gasteiger partial charge < -0.3 is 14.4 Å². The summed E-state index contributed by atoms with van der Waals surface area (Å²) in [6.07, 6.45) is 3.55. The maximum Gasteiger partial charge on any atom is 0.290 e. The monoisotopic (exact) mass is 447 g/mol. The van der Waals surface area contributed by atoms with Gasteiger partial charge in [-0.15, -0.1) is 0 Å². The average Bonchev–Trinajstić information content (AvgIpc) is 3.53. The van der Waals surface area contributed by atoms with Crippen molar-refractivity contribution in [3.05, 3.63) is 89.1 Å². The van der Waals surface area contributed by atoms with E-state index in [2.05, 4.69) is 53.2 Å². The number of carboxylic acid groups (broad SMARTS) is 1. The van der Waals surface area contributed by atoms with Crippen molar-refractivity contribution in [1.82, 2.24) is 14.8 Å². The summed E-state index contributed by atoms with van der Waals surface area (Å²) in [5.74, 6) is 1.31. The van der Waals surface area contributed by atoms with E-state index >= 15 is 0 Å². The fourth-order valence-electron chi connectivity index (χ4n) is 5.18. The highest BCUT2D eigenvalue weighted by molar-refractivity contribution is 5.92. The van der Waals surface area contributed by atoms with Gasteiger partial charge in [-0.05, 0) is 54.7 Å². The number of fused-ring (bicyclic) bond motifs is 1. The Morgan fingerprint density at radius 1 is 1.12 bits per heavy atom. The molecule has 7 nitrogen and oxygen atoms in total. The minimum absolute atomic E-state index is 0.00284. The standard InChI is InChI=1S/C25H27N3O2.CH2O2/c1-17-6-3-4-7-21(17)24-22-16-27(13-19-10-9-18(2)26-12-19)14-20(22)15-28(24)25(29)23-8-5-11-30-23;2-1-3/h3-12,20,22,24H,13-16H2,1-2H3;1H,(H,2,3)/t20-,22-,24+;/m0./s1. The summed E-state index contributed by atoms with van der Waals surface area (Å²) in [6, 6.07) is 16.3. The third-order valence-corrected chi connectivity index (χ3v) is 6.62. The van der Waals surface area contributed by atoms with E-state index in [1.165, 1.54) is 16.7 Å². The number of pyridine rings is 1. The van der Waals surface area contributed by atoms with Crippen molar-refractivity contribution in [2.24, 2.45) is 11.8 Å². The first-order valence-corrected chi connectivity index (χ1v) is 11.1. The average molecular weight is 448 g/mol. The molecule has 2 aliphatic heterocycles. The summed E-state index contributed by atoms with van der Waals surface area (Å²) < 4.78 is 5.45. The number of likely N-dealkylation sites (tertiary alicyclic amines) is 2. The van der Waals surface area contributed by atoms with Crippen molar-refractivity contribution in [2.45, 2.75) is 26.4 Å². The van der Waals surface area contributed by atoms with Gasteiger partial charge in [0.05, 0.1) is 12.3 Å². The van der Waals surface area contributed by atoms with Gasteiger partial charge in [0.1, 0.15) is 0 Å². The molecule has 7 heteroatoms. The zero-order valence-corrected chi connectivity index (χ0v) is 18.9. The SMILES string of the molecule is Cc1ccc(CN2C[C@H]3CN(C(=O)c4ccco4)[C@H](c4ccccc4C)[C@H]3C2)cn1.O=CO. The molecule has 0 saturated carbocycles. The van der Waals surface area contributed by atoms with E-state index in [4.69, 9.17) is 14.3 Å². The highest BCUT2D eigenvalue weighted by Crippen LogP contribution is 2.46. The second-order valence-corrected chi connectivity index (χ2v) is 8.77. The van der Waals surface area contributed by atoms with Crippen LogP contribution in [0.15, 0.2) is 65.4 Å². The van der Waals surface area contributed by atoms with Gasteiger partial charge in [0, 0.05) is 44.0 Å². The number of hydrogen-bond acceptors (Lipinski definition) is 5. The molecule has 1 aromatic carbocycles. The van der Waals surface area contributed by atoms with Crippen LogP contribution in [0.5, 0.6) is 0 Å². The Hall–Kier alpha value is -3.45. The number of furan rings is 1. The molecule has 5 rings (SSSR count). The quantitative estimate of drug-likeness (QED) is 0.610. The van der Waals surface area contributed by atoms with E-state index in [9.17, 15) is 4.79 Å². The zero-order valence-electron chi connectivity index (χ0n) is 18.9. The first-order valence-electron chi connectivity index (χ1n) is 11.1. The topological polar surface area (TPSA) is 86.9 Å². The molecule has 1 N–H and O–H groups in total. The van der Waals surface area contributed by atoms with Gasteiger partial charge in [0.25, 0.3) is 12.4 Å². The molecule has 33 heavy (non-hydrogen) atoms. The van der Waals surface area contributed by atoms with Crippen molar-refractivity contribution >= 4 is 12.4 Å². The molecule has 2 aliphatic rings. The molecule has 2 fully saturated rings. The number of carbonyl (C=O) groups is 2. The number of aromatic nitrogens is 1. The minimum Gasteiger partial charge on any atom is -0.483 e. The Balaban J connectivity index is 0.000000821. The Morgan fingerprint density at radius 2 is 1.91 bits per heavy atom. The van der Waals surface area contributed by atoms with E-state index in [1.54, 1.807) is 18.4 Å². The molecule has 4 heterocycles. The highest BCUT2D eigenvalue weighted by atomic mass is 16.3. The molecule has 2 saturated heterocycles. The number of hydrogen-bond donors (Lipinski definition) is 1. The number of carbonyl (C=O) groups excluding carboxylic acids is 1. The second kappa shape index (κ2) is 10.0. The van der Waals surface area contributed by atoms with E-state index in [1.807, 2.05) is 18.0 Å². The van der Waals surface area contributed by atoms with Crippen molar-refractivity contribution < 1.29 is 19.1 Å². The number of nitrogens with zero attached hydrogens (tertiary/aromatic N) is 3. The zero-order chi connectivity index (χ0) is 23.4. The molecular weight excluding hydrogens is 418 g/mol. The number of amides is 1. The van der Waals surface area contributed by atoms with Gasteiger partial charge in [0.2, 0.25) is 0 Å². The van der Waals surface area contributed by atoms with E-state index in [0.29, 0.717) is 17.6 Å². The van der Waals surface area contributed by atoms with Crippen molar-refractivity contribution in [2.75, 3.05) is 19.6 Å². The fourth-order valence-corrected chi connectivity index (χ4v) is 5.18. The molecule has 1 amide bonds. The lowest BCUT2D eigenvalue weighted by Gasteiger charge is -2.30. The van der Waals surface area contributed by atoms with Crippen LogP contribution in [0.25, 0.3) is 0 Å². The van der Waals surface area contributed by atoms with Crippen LogP contribution in [0, 0.1) is 25.7 Å². The molecule has 3 atom stereocenters. The van der Waals surface area contributed by atoms with Crippen molar-refractivity contribution in [3.8, 4) is 0 Å². The number of benzene rings is 1. The molecule has 0 spiro atoms. The van der Waals surface area contributed by atoms with Gasteiger partial charge in [0.15, 0.2) is 5.76 Å². The van der Waals surface area contributed by atoms with Crippen LogP contribution in [0.4, 0.5) is 0 Å². The van der Waals surface area contributed by atoms with E-state index < -0.39 is 0 Å². The molecule has 172 valence electrons. The largest absolute Gasteiger partial charge is 0.483 e. The Bertz CT molecular complexity index is 1080. The Labute approximate surface area is 193 Å². The van der Waals surface area contributed by atoms with Crippen LogP contribution < -0.4 is 0 Å². The normalized spacial score (nSPS) is 21.9. The van der Waals surface area contributed by atoms with Crippen molar-refractivity contribution in [3.63, 3.8) is 0 Å². The smallest absolute Gasteiger partial charge is 0.290 e. The lowest BCUT2D eigenvalue weighted by molar-refractivity contribution is -0.122. The number of rotatable bonds is 4. The van der Waals surface area contributed by atoms with Gasteiger partial charge in [-0.3, -0.25) is 19.5 Å². The Kier molecular flexibility index (Phi) is 6.89. The summed E-state index contributed by atoms with van der Waals surface area (Å²) in [7, 11) is 0. The van der Waals surface area contributed by atoms with Crippen LogP contribution in [-0.2, 0) is 11.3 Å². The summed E-state index contributed by atoms with van der Waals surface area (Å²) in [6.45, 7) is 7.57. The van der Waals surface area contributed by atoms with E-state index in [-0.39, 0.29) is 18.4 Å². The lowest BCUT2D eigenvalue weighted by atomic mass is 9.87. The predicted molar refractivity (Wildman–Crippen MR) is 124 cm³/mol. The molecule has 3 aromatic rings. The minimum atomic E-state index is -0.250. The lowest BCUT2D eigenvalue weighted by Crippen LogP contribution is -2.35. The summed E-state index contributed by atoms with van der Waals surface area (Å²) in [5.41, 5.74) is 4.78.